The Labute approximate surface area is 144 Å². The highest BCUT2D eigenvalue weighted by Gasteiger charge is 2.37. The third kappa shape index (κ3) is 3.73. The number of benzene rings is 1. The van der Waals surface area contributed by atoms with Crippen molar-refractivity contribution in [3.8, 4) is 0 Å². The lowest BCUT2D eigenvalue weighted by molar-refractivity contribution is -0.0199. The molecule has 1 aromatic carbocycles. The third-order valence-electron chi connectivity index (χ3n) is 5.48. The quantitative estimate of drug-likeness (QED) is 0.853. The molecule has 2 aliphatic rings. The molecule has 3 rings (SSSR count). The van der Waals surface area contributed by atoms with Gasteiger partial charge in [0.25, 0.3) is 0 Å². The number of piperazine rings is 1. The van der Waals surface area contributed by atoms with Gasteiger partial charge in [-0.15, -0.1) is 6.58 Å². The Morgan fingerprint density at radius 3 is 2.65 bits per heavy atom. The van der Waals surface area contributed by atoms with Crippen LogP contribution in [0.15, 0.2) is 36.9 Å². The van der Waals surface area contributed by atoms with Crippen molar-refractivity contribution in [3.63, 3.8) is 0 Å². The number of aliphatic hydroxyl groups is 1. The molecule has 1 N–H and O–H groups in total. The maximum absolute atomic E-state index is 10.8. The van der Waals surface area contributed by atoms with Gasteiger partial charge in [0.05, 0.1) is 16.3 Å². The zero-order valence-electron chi connectivity index (χ0n) is 13.8. The molecule has 1 saturated carbocycles. The van der Waals surface area contributed by atoms with Gasteiger partial charge in [0, 0.05) is 38.6 Å². The normalized spacial score (nSPS) is 29.5. The van der Waals surface area contributed by atoms with Crippen LogP contribution in [0.4, 0.5) is 5.69 Å². The molecular formula is C19H27ClN2O. The summed E-state index contributed by atoms with van der Waals surface area (Å²) in [5.74, 6) is 0.320. The lowest BCUT2D eigenvalue weighted by atomic mass is 9.75. The first-order valence-corrected chi connectivity index (χ1v) is 9.08. The summed E-state index contributed by atoms with van der Waals surface area (Å²) in [6.07, 6.45) is 6.07. The number of anilines is 1. The van der Waals surface area contributed by atoms with Crippen molar-refractivity contribution in [1.29, 1.82) is 0 Å². The van der Waals surface area contributed by atoms with Crippen molar-refractivity contribution in [2.45, 2.75) is 31.3 Å². The van der Waals surface area contributed by atoms with Crippen molar-refractivity contribution in [2.24, 2.45) is 5.92 Å². The standard InChI is InChI=1S/C19H27ClN2O/c1-2-19(23)10-6-5-7-16(19)15-21-11-13-22(14-12-21)18-9-4-3-8-17(18)20/h2-4,8-9,16,23H,1,5-7,10-15H2. The molecule has 0 radical (unpaired) electrons. The van der Waals surface area contributed by atoms with Gasteiger partial charge in [-0.3, -0.25) is 4.90 Å². The molecule has 126 valence electrons. The molecular weight excluding hydrogens is 308 g/mol. The maximum Gasteiger partial charge on any atom is 0.0865 e. The second-order valence-electron chi connectivity index (χ2n) is 6.88. The van der Waals surface area contributed by atoms with E-state index in [-0.39, 0.29) is 0 Å². The summed E-state index contributed by atoms with van der Waals surface area (Å²) >= 11 is 6.31. The van der Waals surface area contributed by atoms with Crippen LogP contribution in [0.2, 0.25) is 5.02 Å². The molecule has 0 spiro atoms. The summed E-state index contributed by atoms with van der Waals surface area (Å²) in [4.78, 5) is 4.84. The Morgan fingerprint density at radius 1 is 1.22 bits per heavy atom. The molecule has 1 aliphatic heterocycles. The highest BCUT2D eigenvalue weighted by Crippen LogP contribution is 2.35. The molecule has 0 aromatic heterocycles. The number of para-hydroxylation sites is 1. The van der Waals surface area contributed by atoms with Crippen LogP contribution in [-0.4, -0.2) is 48.3 Å². The second kappa shape index (κ2) is 7.25. The number of hydrogen-bond acceptors (Lipinski definition) is 3. The van der Waals surface area contributed by atoms with Gasteiger partial charge in [0.15, 0.2) is 0 Å². The molecule has 1 aromatic rings. The number of nitrogens with zero attached hydrogens (tertiary/aromatic N) is 2. The molecule has 2 atom stereocenters. The molecule has 1 heterocycles. The van der Waals surface area contributed by atoms with Gasteiger partial charge in [-0.2, -0.15) is 0 Å². The first-order chi connectivity index (χ1) is 11.1. The fourth-order valence-corrected chi connectivity index (χ4v) is 4.22. The molecule has 1 saturated heterocycles. The van der Waals surface area contributed by atoms with E-state index in [1.165, 1.54) is 6.42 Å². The Hall–Kier alpha value is -1.03. The van der Waals surface area contributed by atoms with E-state index in [9.17, 15) is 5.11 Å². The van der Waals surface area contributed by atoms with E-state index in [0.717, 1.165) is 62.7 Å². The summed E-state index contributed by atoms with van der Waals surface area (Å²) in [7, 11) is 0. The second-order valence-corrected chi connectivity index (χ2v) is 7.28. The highest BCUT2D eigenvalue weighted by molar-refractivity contribution is 6.33. The van der Waals surface area contributed by atoms with E-state index in [1.807, 2.05) is 18.2 Å². The molecule has 4 heteroatoms. The number of hydrogen-bond donors (Lipinski definition) is 1. The van der Waals surface area contributed by atoms with Gasteiger partial charge in [-0.25, -0.2) is 0 Å². The summed E-state index contributed by atoms with van der Waals surface area (Å²) in [5.41, 5.74) is 0.465. The average Bonchev–Trinajstić information content (AvgIpc) is 2.58. The van der Waals surface area contributed by atoms with Crippen LogP contribution in [0.5, 0.6) is 0 Å². The van der Waals surface area contributed by atoms with Gasteiger partial charge in [-0.1, -0.05) is 42.7 Å². The van der Waals surface area contributed by atoms with Gasteiger partial charge in [0.1, 0.15) is 0 Å². The van der Waals surface area contributed by atoms with Gasteiger partial charge in [0.2, 0.25) is 0 Å². The minimum absolute atomic E-state index is 0.320. The van der Waals surface area contributed by atoms with Crippen LogP contribution in [0, 0.1) is 5.92 Å². The SMILES string of the molecule is C=CC1(O)CCCCC1CN1CCN(c2ccccc2Cl)CC1. The lowest BCUT2D eigenvalue weighted by Crippen LogP contribution is -2.51. The fourth-order valence-electron chi connectivity index (χ4n) is 3.96. The van der Waals surface area contributed by atoms with Crippen LogP contribution in [-0.2, 0) is 0 Å². The van der Waals surface area contributed by atoms with Crippen LogP contribution in [0.25, 0.3) is 0 Å². The zero-order valence-corrected chi connectivity index (χ0v) is 14.5. The first-order valence-electron chi connectivity index (χ1n) is 8.70. The molecule has 0 bridgehead atoms. The van der Waals surface area contributed by atoms with Gasteiger partial charge in [-0.05, 0) is 25.0 Å². The highest BCUT2D eigenvalue weighted by atomic mass is 35.5. The van der Waals surface area contributed by atoms with Crippen molar-refractivity contribution in [2.75, 3.05) is 37.6 Å². The van der Waals surface area contributed by atoms with E-state index in [2.05, 4.69) is 22.4 Å². The van der Waals surface area contributed by atoms with E-state index in [4.69, 9.17) is 11.6 Å². The Balaban J connectivity index is 1.57. The topological polar surface area (TPSA) is 26.7 Å². The largest absolute Gasteiger partial charge is 0.385 e. The van der Waals surface area contributed by atoms with Gasteiger partial charge < -0.3 is 10.0 Å². The third-order valence-corrected chi connectivity index (χ3v) is 5.80. The van der Waals surface area contributed by atoms with Crippen LogP contribution < -0.4 is 4.90 Å². The van der Waals surface area contributed by atoms with E-state index < -0.39 is 5.60 Å². The van der Waals surface area contributed by atoms with Crippen LogP contribution >= 0.6 is 11.6 Å². The van der Waals surface area contributed by atoms with Crippen molar-refractivity contribution in [3.05, 3.63) is 41.9 Å². The Morgan fingerprint density at radius 2 is 1.96 bits per heavy atom. The minimum atomic E-state index is -0.669. The van der Waals surface area contributed by atoms with Crippen molar-refractivity contribution >= 4 is 17.3 Å². The summed E-state index contributed by atoms with van der Waals surface area (Å²) < 4.78 is 0. The van der Waals surface area contributed by atoms with Gasteiger partial charge >= 0.3 is 0 Å². The molecule has 3 nitrogen and oxygen atoms in total. The van der Waals surface area contributed by atoms with Crippen LogP contribution in [0.3, 0.4) is 0 Å². The Bertz CT molecular complexity index is 542. The van der Waals surface area contributed by atoms with E-state index >= 15 is 0 Å². The zero-order chi connectivity index (χ0) is 16.3. The molecule has 0 amide bonds. The predicted octanol–water partition coefficient (Wildman–Crippen LogP) is 3.57. The minimum Gasteiger partial charge on any atom is -0.385 e. The van der Waals surface area contributed by atoms with Crippen molar-refractivity contribution in [1.82, 2.24) is 4.90 Å². The van der Waals surface area contributed by atoms with Crippen molar-refractivity contribution < 1.29 is 5.11 Å². The first kappa shape index (κ1) is 16.8. The molecule has 1 aliphatic carbocycles. The molecule has 2 fully saturated rings. The number of halogens is 1. The summed E-state index contributed by atoms with van der Waals surface area (Å²) in [6.45, 7) is 8.86. The predicted molar refractivity (Wildman–Crippen MR) is 97.2 cm³/mol. The molecule has 23 heavy (non-hydrogen) atoms. The Kier molecular flexibility index (Phi) is 5.30. The summed E-state index contributed by atoms with van der Waals surface area (Å²) in [6, 6.07) is 8.06. The molecule has 2 unspecified atom stereocenters. The number of rotatable bonds is 4. The van der Waals surface area contributed by atoms with E-state index in [1.54, 1.807) is 6.08 Å². The fraction of sp³-hybridized carbons (Fsp3) is 0.579. The monoisotopic (exact) mass is 334 g/mol. The van der Waals surface area contributed by atoms with E-state index in [0.29, 0.717) is 5.92 Å². The maximum atomic E-state index is 10.8. The van der Waals surface area contributed by atoms with Crippen LogP contribution in [0.1, 0.15) is 25.7 Å². The average molecular weight is 335 g/mol. The lowest BCUT2D eigenvalue weighted by Gasteiger charge is -2.43. The summed E-state index contributed by atoms with van der Waals surface area (Å²) in [5, 5.41) is 11.6. The smallest absolute Gasteiger partial charge is 0.0865 e.